The Morgan fingerprint density at radius 1 is 1.16 bits per heavy atom. The van der Waals surface area contributed by atoms with Gasteiger partial charge in [0.15, 0.2) is 5.17 Å². The molecule has 0 amide bonds. The van der Waals surface area contributed by atoms with Crippen molar-refractivity contribution in [1.29, 1.82) is 0 Å². The second kappa shape index (κ2) is 6.07. The van der Waals surface area contributed by atoms with E-state index in [1.807, 2.05) is 11.8 Å². The van der Waals surface area contributed by atoms with Crippen LogP contribution in [0, 0.1) is 23.7 Å². The fourth-order valence-corrected chi connectivity index (χ4v) is 4.85. The van der Waals surface area contributed by atoms with Gasteiger partial charge in [-0.1, -0.05) is 38.5 Å². The van der Waals surface area contributed by atoms with Crippen LogP contribution in [0.1, 0.15) is 52.4 Å². The number of hydrogen-bond donors (Lipinski definition) is 1. The van der Waals surface area contributed by atoms with Gasteiger partial charge in [-0.2, -0.15) is 0 Å². The van der Waals surface area contributed by atoms with Crippen LogP contribution in [0.4, 0.5) is 0 Å². The summed E-state index contributed by atoms with van der Waals surface area (Å²) in [7, 11) is 0. The number of amidine groups is 1. The molecule has 0 radical (unpaired) electrons. The minimum Gasteiger partial charge on any atom is -0.365 e. The van der Waals surface area contributed by atoms with Gasteiger partial charge in [-0.05, 0) is 49.4 Å². The topological polar surface area (TPSA) is 24.4 Å². The van der Waals surface area contributed by atoms with E-state index in [-0.39, 0.29) is 0 Å². The van der Waals surface area contributed by atoms with Gasteiger partial charge in [-0.25, -0.2) is 0 Å². The highest BCUT2D eigenvalue weighted by molar-refractivity contribution is 8.14. The fourth-order valence-electron chi connectivity index (χ4n) is 3.52. The average molecular weight is 280 g/mol. The molecule has 3 rings (SSSR count). The third-order valence-corrected chi connectivity index (χ3v) is 6.53. The lowest BCUT2D eigenvalue weighted by molar-refractivity contribution is 0.403. The average Bonchev–Trinajstić information content (AvgIpc) is 3.33. The van der Waals surface area contributed by atoms with Gasteiger partial charge in [-0.15, -0.1) is 0 Å². The van der Waals surface area contributed by atoms with Gasteiger partial charge in [0, 0.05) is 11.8 Å². The van der Waals surface area contributed by atoms with E-state index < -0.39 is 0 Å². The monoisotopic (exact) mass is 280 g/mol. The fraction of sp³-hybridized carbons (Fsp3) is 0.938. The van der Waals surface area contributed by atoms with Crippen molar-refractivity contribution in [1.82, 2.24) is 5.32 Å². The predicted molar refractivity (Wildman–Crippen MR) is 84.7 cm³/mol. The van der Waals surface area contributed by atoms with Gasteiger partial charge in [0.25, 0.3) is 0 Å². The minimum absolute atomic E-state index is 0.734. The van der Waals surface area contributed by atoms with Crippen molar-refractivity contribution in [2.75, 3.05) is 13.1 Å². The predicted octanol–water partition coefficient (Wildman–Crippen LogP) is 3.92. The summed E-state index contributed by atoms with van der Waals surface area (Å²) in [5.74, 6) is 3.88. The highest BCUT2D eigenvalue weighted by Crippen LogP contribution is 2.48. The van der Waals surface area contributed by atoms with Crippen LogP contribution in [0.25, 0.3) is 0 Å². The molecule has 3 aliphatic rings. The second-order valence-corrected chi connectivity index (χ2v) is 7.83. The van der Waals surface area contributed by atoms with Crippen LogP contribution in [-0.2, 0) is 0 Å². The zero-order chi connectivity index (χ0) is 13.2. The molecular formula is C16H28N2S. The summed E-state index contributed by atoms with van der Waals surface area (Å²) in [5, 5.41) is 5.64. The van der Waals surface area contributed by atoms with Crippen LogP contribution in [0.5, 0.6) is 0 Å². The van der Waals surface area contributed by atoms with Crippen LogP contribution in [0.15, 0.2) is 4.99 Å². The van der Waals surface area contributed by atoms with Crippen molar-refractivity contribution in [2.45, 2.75) is 57.6 Å². The largest absolute Gasteiger partial charge is 0.365 e. The van der Waals surface area contributed by atoms with Crippen LogP contribution < -0.4 is 5.32 Å². The Balaban J connectivity index is 1.43. The van der Waals surface area contributed by atoms with Gasteiger partial charge in [0.2, 0.25) is 0 Å². The van der Waals surface area contributed by atoms with Gasteiger partial charge in [0.1, 0.15) is 0 Å². The summed E-state index contributed by atoms with van der Waals surface area (Å²) < 4.78 is 0. The molecule has 2 nitrogen and oxygen atoms in total. The number of aliphatic imine (C=N–C) groups is 1. The molecule has 108 valence electrons. The summed E-state index contributed by atoms with van der Waals surface area (Å²) in [4.78, 5) is 4.73. The molecule has 2 fully saturated rings. The van der Waals surface area contributed by atoms with Crippen molar-refractivity contribution in [3.63, 3.8) is 0 Å². The van der Waals surface area contributed by atoms with E-state index in [9.17, 15) is 0 Å². The summed E-state index contributed by atoms with van der Waals surface area (Å²) in [6, 6.07) is 0. The first kappa shape index (κ1) is 13.8. The Hall–Kier alpha value is -0.180. The molecule has 0 saturated heterocycles. The van der Waals surface area contributed by atoms with Crippen molar-refractivity contribution in [3.8, 4) is 0 Å². The third kappa shape index (κ3) is 3.48. The van der Waals surface area contributed by atoms with Crippen molar-refractivity contribution >= 4 is 16.9 Å². The maximum Gasteiger partial charge on any atom is 0.156 e. The minimum atomic E-state index is 0.734. The molecule has 0 aromatic carbocycles. The quantitative estimate of drug-likeness (QED) is 0.764. The first-order valence-electron chi connectivity index (χ1n) is 8.26. The molecule has 1 heterocycles. The van der Waals surface area contributed by atoms with E-state index in [4.69, 9.17) is 4.99 Å². The lowest BCUT2D eigenvalue weighted by Gasteiger charge is -2.20. The number of nitrogens with one attached hydrogen (secondary N) is 1. The van der Waals surface area contributed by atoms with Gasteiger partial charge < -0.3 is 5.32 Å². The first-order chi connectivity index (χ1) is 9.31. The molecule has 1 aliphatic heterocycles. The third-order valence-electron chi connectivity index (χ3n) is 5.20. The van der Waals surface area contributed by atoms with E-state index >= 15 is 0 Å². The number of hydrogen-bond acceptors (Lipinski definition) is 3. The molecule has 0 aromatic rings. The van der Waals surface area contributed by atoms with Gasteiger partial charge in [-0.3, -0.25) is 4.99 Å². The van der Waals surface area contributed by atoms with Crippen molar-refractivity contribution in [3.05, 3.63) is 0 Å². The molecule has 1 unspecified atom stereocenters. The highest BCUT2D eigenvalue weighted by Gasteiger charge is 2.41. The summed E-state index contributed by atoms with van der Waals surface area (Å²) in [6.45, 7) is 6.86. The van der Waals surface area contributed by atoms with Gasteiger partial charge >= 0.3 is 0 Å². The maximum atomic E-state index is 4.73. The van der Waals surface area contributed by atoms with Crippen LogP contribution in [-0.4, -0.2) is 23.5 Å². The SMILES string of the molecule is CCC(CC)C1CN=C(NCC(C2CC2)C2CC2)S1. The number of nitrogens with zero attached hydrogens (tertiary/aromatic N) is 1. The van der Waals surface area contributed by atoms with Gasteiger partial charge in [0.05, 0.1) is 6.54 Å². The summed E-state index contributed by atoms with van der Waals surface area (Å²) in [6.07, 6.45) is 8.53. The zero-order valence-electron chi connectivity index (χ0n) is 12.4. The number of thioether (sulfide) groups is 1. The Bertz CT molecular complexity index is 318. The molecule has 3 heteroatoms. The van der Waals surface area contributed by atoms with E-state index in [1.54, 1.807) is 0 Å². The number of rotatable bonds is 7. The van der Waals surface area contributed by atoms with E-state index in [1.165, 1.54) is 50.2 Å². The Morgan fingerprint density at radius 3 is 2.32 bits per heavy atom. The Morgan fingerprint density at radius 2 is 1.79 bits per heavy atom. The van der Waals surface area contributed by atoms with Crippen LogP contribution in [0.3, 0.4) is 0 Å². The Kier molecular flexibility index (Phi) is 4.40. The molecule has 0 aromatic heterocycles. The summed E-state index contributed by atoms with van der Waals surface area (Å²) >= 11 is 2.01. The maximum absolute atomic E-state index is 4.73. The lowest BCUT2D eigenvalue weighted by Crippen LogP contribution is -2.29. The normalized spacial score (nSPS) is 27.2. The molecule has 2 aliphatic carbocycles. The van der Waals surface area contributed by atoms with E-state index in [0.29, 0.717) is 0 Å². The smallest absolute Gasteiger partial charge is 0.156 e. The zero-order valence-corrected chi connectivity index (χ0v) is 13.2. The molecule has 0 spiro atoms. The van der Waals surface area contributed by atoms with Crippen LogP contribution in [0.2, 0.25) is 0 Å². The molecule has 2 saturated carbocycles. The van der Waals surface area contributed by atoms with Crippen molar-refractivity contribution < 1.29 is 0 Å². The molecular weight excluding hydrogens is 252 g/mol. The summed E-state index contributed by atoms with van der Waals surface area (Å²) in [5.41, 5.74) is 0. The molecule has 0 bridgehead atoms. The molecule has 1 atom stereocenters. The molecule has 19 heavy (non-hydrogen) atoms. The first-order valence-corrected chi connectivity index (χ1v) is 9.14. The highest BCUT2D eigenvalue weighted by atomic mass is 32.2. The standard InChI is InChI=1S/C16H28N2S/c1-3-11(4-2)15-10-18-16(19-15)17-9-14(12-5-6-12)13-7-8-13/h11-15H,3-10H2,1-2H3,(H,17,18). The van der Waals surface area contributed by atoms with Crippen LogP contribution >= 0.6 is 11.8 Å². The van der Waals surface area contributed by atoms with E-state index in [0.717, 1.165) is 35.5 Å². The Labute approximate surface area is 122 Å². The molecule has 1 N–H and O–H groups in total. The van der Waals surface area contributed by atoms with Crippen molar-refractivity contribution in [2.24, 2.45) is 28.7 Å². The lowest BCUT2D eigenvalue weighted by atomic mass is 9.98. The van der Waals surface area contributed by atoms with E-state index in [2.05, 4.69) is 19.2 Å². The second-order valence-electron chi connectivity index (χ2n) is 6.60.